The predicted octanol–water partition coefficient (Wildman–Crippen LogP) is -2.13. The van der Waals surface area contributed by atoms with Crippen LogP contribution in [-0.2, 0) is 34.1 Å². The van der Waals surface area contributed by atoms with E-state index in [2.05, 4.69) is 10.0 Å². The third-order valence-electron chi connectivity index (χ3n) is 2.98. The van der Waals surface area contributed by atoms with Crippen LogP contribution in [0.2, 0.25) is 0 Å². The molecular weight excluding hydrogens is 336 g/mol. The lowest BCUT2D eigenvalue weighted by molar-refractivity contribution is -0.120. The van der Waals surface area contributed by atoms with Crippen LogP contribution in [0.15, 0.2) is 0 Å². The Morgan fingerprint density at radius 2 is 2.00 bits per heavy atom. The zero-order valence-electron chi connectivity index (χ0n) is 12.4. The highest BCUT2D eigenvalue weighted by atomic mass is 32.2. The number of hydrogen-bond donors (Lipinski definition) is 2. The minimum Gasteiger partial charge on any atom is -0.382 e. The Morgan fingerprint density at radius 1 is 1.27 bits per heavy atom. The van der Waals surface area contributed by atoms with E-state index < -0.39 is 38.4 Å². The molecule has 130 valence electrons. The number of hydrogen-bond acceptors (Lipinski definition) is 7. The Kier molecular flexibility index (Phi) is 7.69. The number of rotatable bonds is 10. The third kappa shape index (κ3) is 8.03. The van der Waals surface area contributed by atoms with Crippen molar-refractivity contribution in [2.24, 2.45) is 0 Å². The maximum atomic E-state index is 11.6. The molecule has 9 nitrogen and oxygen atoms in total. The van der Waals surface area contributed by atoms with Gasteiger partial charge in [0.2, 0.25) is 15.9 Å². The molecule has 0 radical (unpaired) electrons. The largest absolute Gasteiger partial charge is 0.382 e. The van der Waals surface area contributed by atoms with E-state index in [-0.39, 0.29) is 23.9 Å². The molecule has 2 N–H and O–H groups in total. The number of carbonyl (C=O) groups is 1. The number of sulfone groups is 1. The number of amides is 1. The summed E-state index contributed by atoms with van der Waals surface area (Å²) in [5.41, 5.74) is 0. The van der Waals surface area contributed by atoms with Crippen molar-refractivity contribution in [1.82, 2.24) is 10.0 Å². The quantitative estimate of drug-likeness (QED) is 0.427. The maximum Gasteiger partial charge on any atom is 0.235 e. The lowest BCUT2D eigenvalue weighted by atomic mass is 10.2. The van der Waals surface area contributed by atoms with Gasteiger partial charge in [0.25, 0.3) is 0 Å². The Balaban J connectivity index is 2.22. The summed E-state index contributed by atoms with van der Waals surface area (Å²) < 4.78 is 57.6. The zero-order chi connectivity index (χ0) is 16.6. The van der Waals surface area contributed by atoms with E-state index in [0.717, 1.165) is 0 Å². The molecule has 1 aliphatic heterocycles. The van der Waals surface area contributed by atoms with Crippen molar-refractivity contribution in [2.75, 3.05) is 50.7 Å². The van der Waals surface area contributed by atoms with E-state index in [9.17, 15) is 21.6 Å². The van der Waals surface area contributed by atoms with Gasteiger partial charge in [-0.2, -0.15) is 0 Å². The van der Waals surface area contributed by atoms with Crippen LogP contribution in [0.5, 0.6) is 0 Å². The van der Waals surface area contributed by atoms with Gasteiger partial charge >= 0.3 is 0 Å². The van der Waals surface area contributed by atoms with Crippen molar-refractivity contribution in [3.05, 3.63) is 0 Å². The van der Waals surface area contributed by atoms with Crippen molar-refractivity contribution in [3.63, 3.8) is 0 Å². The fraction of sp³-hybridized carbons (Fsp3) is 0.909. The minimum atomic E-state index is -3.62. The molecule has 1 aliphatic rings. The SMILES string of the molecule is COCCOCCS(=O)(=O)NCC(=O)NC1CCS(=O)(=O)C1. The molecular formula is C11H22N2O7S2. The Bertz CT molecular complexity index is 559. The molecule has 11 heteroatoms. The first kappa shape index (κ1) is 19.3. The molecule has 1 rings (SSSR count). The van der Waals surface area contributed by atoms with Gasteiger partial charge in [-0.3, -0.25) is 4.79 Å². The lowest BCUT2D eigenvalue weighted by Crippen LogP contribution is -2.43. The lowest BCUT2D eigenvalue weighted by Gasteiger charge is -2.11. The second-order valence-electron chi connectivity index (χ2n) is 4.91. The Morgan fingerprint density at radius 3 is 2.59 bits per heavy atom. The second kappa shape index (κ2) is 8.77. The third-order valence-corrected chi connectivity index (χ3v) is 6.03. The first-order valence-electron chi connectivity index (χ1n) is 6.78. The van der Waals surface area contributed by atoms with Gasteiger partial charge in [0, 0.05) is 13.2 Å². The molecule has 0 aromatic rings. The molecule has 0 aromatic carbocycles. The van der Waals surface area contributed by atoms with Crippen molar-refractivity contribution >= 4 is 25.8 Å². The molecule has 1 fully saturated rings. The number of carbonyl (C=O) groups excluding carboxylic acids is 1. The number of nitrogens with one attached hydrogen (secondary N) is 2. The van der Waals surface area contributed by atoms with E-state index in [1.807, 2.05) is 0 Å². The molecule has 0 saturated carbocycles. The summed E-state index contributed by atoms with van der Waals surface area (Å²) in [6.45, 7) is 0.251. The maximum absolute atomic E-state index is 11.6. The summed E-state index contributed by atoms with van der Waals surface area (Å²) in [5.74, 6) is -0.866. The predicted molar refractivity (Wildman–Crippen MR) is 79.7 cm³/mol. The summed E-state index contributed by atoms with van der Waals surface area (Å²) in [7, 11) is -5.19. The van der Waals surface area contributed by atoms with E-state index in [1.54, 1.807) is 0 Å². The van der Waals surface area contributed by atoms with Crippen molar-refractivity contribution < 1.29 is 31.1 Å². The molecule has 0 aromatic heterocycles. The Hall–Kier alpha value is -0.750. The summed E-state index contributed by atoms with van der Waals surface area (Å²) in [6, 6.07) is -0.445. The summed E-state index contributed by atoms with van der Waals surface area (Å²) >= 11 is 0. The van der Waals surface area contributed by atoms with Gasteiger partial charge in [-0.25, -0.2) is 21.6 Å². The summed E-state index contributed by atoms with van der Waals surface area (Å²) in [4.78, 5) is 11.6. The molecule has 1 saturated heterocycles. The van der Waals surface area contributed by atoms with Crippen molar-refractivity contribution in [1.29, 1.82) is 0 Å². The average molecular weight is 358 g/mol. The molecule has 1 unspecified atom stereocenters. The molecule has 22 heavy (non-hydrogen) atoms. The fourth-order valence-corrected chi connectivity index (χ4v) is 4.35. The molecule has 0 aliphatic carbocycles. The summed E-state index contributed by atoms with van der Waals surface area (Å²) in [5, 5.41) is 2.50. The van der Waals surface area contributed by atoms with E-state index >= 15 is 0 Å². The number of sulfonamides is 1. The Labute approximate surface area is 130 Å². The van der Waals surface area contributed by atoms with E-state index in [4.69, 9.17) is 9.47 Å². The molecule has 0 bridgehead atoms. The average Bonchev–Trinajstić information content (AvgIpc) is 2.75. The van der Waals surface area contributed by atoms with Gasteiger partial charge in [-0.05, 0) is 6.42 Å². The van der Waals surface area contributed by atoms with Gasteiger partial charge in [-0.15, -0.1) is 0 Å². The molecule has 1 amide bonds. The highest BCUT2D eigenvalue weighted by Gasteiger charge is 2.28. The second-order valence-corrected chi connectivity index (χ2v) is 9.07. The van der Waals surface area contributed by atoms with Gasteiger partial charge < -0.3 is 14.8 Å². The minimum absolute atomic E-state index is 0.00117. The van der Waals surface area contributed by atoms with Crippen LogP contribution < -0.4 is 10.0 Å². The first-order chi connectivity index (χ1) is 10.2. The van der Waals surface area contributed by atoms with Crippen LogP contribution in [0, 0.1) is 0 Å². The van der Waals surface area contributed by atoms with Crippen molar-refractivity contribution in [3.8, 4) is 0 Å². The zero-order valence-corrected chi connectivity index (χ0v) is 14.0. The van der Waals surface area contributed by atoms with Gasteiger partial charge in [-0.1, -0.05) is 0 Å². The highest BCUT2D eigenvalue weighted by molar-refractivity contribution is 7.91. The summed E-state index contributed by atoms with van der Waals surface area (Å²) in [6.07, 6.45) is 0.355. The van der Waals surface area contributed by atoms with Crippen LogP contribution in [0.1, 0.15) is 6.42 Å². The van der Waals surface area contributed by atoms with Crippen LogP contribution in [0.25, 0.3) is 0 Å². The van der Waals surface area contributed by atoms with E-state index in [1.165, 1.54) is 7.11 Å². The van der Waals surface area contributed by atoms with Crippen LogP contribution in [0.4, 0.5) is 0 Å². The fourth-order valence-electron chi connectivity index (χ4n) is 1.85. The van der Waals surface area contributed by atoms with Crippen LogP contribution >= 0.6 is 0 Å². The number of methoxy groups -OCH3 is 1. The first-order valence-corrected chi connectivity index (χ1v) is 10.3. The standard InChI is InChI=1S/C11H22N2O7S2/c1-19-3-4-20-5-7-22(17,18)12-8-11(14)13-10-2-6-21(15,16)9-10/h10,12H,2-9H2,1H3,(H,13,14). The topological polar surface area (TPSA) is 128 Å². The van der Waals surface area contributed by atoms with Gasteiger partial charge in [0.15, 0.2) is 9.84 Å². The molecule has 0 spiro atoms. The van der Waals surface area contributed by atoms with Gasteiger partial charge in [0.05, 0.1) is 43.6 Å². The van der Waals surface area contributed by atoms with Crippen LogP contribution in [0.3, 0.4) is 0 Å². The monoisotopic (exact) mass is 358 g/mol. The van der Waals surface area contributed by atoms with Crippen LogP contribution in [-0.4, -0.2) is 79.5 Å². The molecule has 1 heterocycles. The molecule has 1 atom stereocenters. The van der Waals surface area contributed by atoms with Crippen molar-refractivity contribution in [2.45, 2.75) is 12.5 Å². The smallest absolute Gasteiger partial charge is 0.235 e. The van der Waals surface area contributed by atoms with E-state index in [0.29, 0.717) is 19.6 Å². The normalized spacial score (nSPS) is 20.9. The van der Waals surface area contributed by atoms with Gasteiger partial charge in [0.1, 0.15) is 0 Å². The number of ether oxygens (including phenoxy) is 2. The highest BCUT2D eigenvalue weighted by Crippen LogP contribution is 2.10.